The monoisotopic (exact) mass is 363 g/mol. The molecule has 1 amide bonds. The lowest BCUT2D eigenvalue weighted by Crippen LogP contribution is -2.36. The SMILES string of the molecule is COCC(C)NC(=O)CSC(c1ccccc1)c1ccc(Cl)cc1. The molecule has 0 aromatic heterocycles. The summed E-state index contributed by atoms with van der Waals surface area (Å²) in [6, 6.07) is 18.0. The van der Waals surface area contributed by atoms with Crippen molar-refractivity contribution in [2.45, 2.75) is 18.2 Å². The average molecular weight is 364 g/mol. The van der Waals surface area contributed by atoms with Gasteiger partial charge in [-0.05, 0) is 30.2 Å². The van der Waals surface area contributed by atoms with Crippen LogP contribution in [-0.2, 0) is 9.53 Å². The average Bonchev–Trinajstić information content (AvgIpc) is 2.57. The van der Waals surface area contributed by atoms with Crippen molar-refractivity contribution in [2.75, 3.05) is 19.5 Å². The highest BCUT2D eigenvalue weighted by Crippen LogP contribution is 2.35. The van der Waals surface area contributed by atoms with Crippen LogP contribution in [0.1, 0.15) is 23.3 Å². The zero-order valence-corrected chi connectivity index (χ0v) is 15.4. The number of hydrogen-bond donors (Lipinski definition) is 1. The van der Waals surface area contributed by atoms with Gasteiger partial charge in [0, 0.05) is 18.2 Å². The summed E-state index contributed by atoms with van der Waals surface area (Å²) in [6.07, 6.45) is 0. The van der Waals surface area contributed by atoms with E-state index in [9.17, 15) is 4.79 Å². The fraction of sp³-hybridized carbons (Fsp3) is 0.316. The third-order valence-electron chi connectivity index (χ3n) is 3.48. The van der Waals surface area contributed by atoms with Gasteiger partial charge >= 0.3 is 0 Å². The number of halogens is 1. The lowest BCUT2D eigenvalue weighted by atomic mass is 10.0. The van der Waals surface area contributed by atoms with Gasteiger partial charge in [0.1, 0.15) is 0 Å². The van der Waals surface area contributed by atoms with Crippen molar-refractivity contribution in [2.24, 2.45) is 0 Å². The Bertz CT molecular complexity index is 634. The summed E-state index contributed by atoms with van der Waals surface area (Å²) in [5.41, 5.74) is 2.30. The van der Waals surface area contributed by atoms with E-state index < -0.39 is 0 Å². The highest BCUT2D eigenvalue weighted by atomic mass is 35.5. The maximum absolute atomic E-state index is 12.1. The van der Waals surface area contributed by atoms with E-state index in [0.717, 1.165) is 5.56 Å². The molecule has 0 aliphatic carbocycles. The van der Waals surface area contributed by atoms with Crippen molar-refractivity contribution in [3.63, 3.8) is 0 Å². The molecule has 1 N–H and O–H groups in total. The van der Waals surface area contributed by atoms with Gasteiger partial charge in [0.2, 0.25) is 5.91 Å². The van der Waals surface area contributed by atoms with E-state index in [-0.39, 0.29) is 17.2 Å². The van der Waals surface area contributed by atoms with E-state index in [2.05, 4.69) is 17.4 Å². The summed E-state index contributed by atoms with van der Waals surface area (Å²) in [4.78, 5) is 12.1. The van der Waals surface area contributed by atoms with Crippen molar-refractivity contribution in [1.29, 1.82) is 0 Å². The van der Waals surface area contributed by atoms with Crippen LogP contribution >= 0.6 is 23.4 Å². The maximum Gasteiger partial charge on any atom is 0.230 e. The van der Waals surface area contributed by atoms with Crippen LogP contribution in [0.25, 0.3) is 0 Å². The van der Waals surface area contributed by atoms with Gasteiger partial charge < -0.3 is 10.1 Å². The van der Waals surface area contributed by atoms with Crippen molar-refractivity contribution in [3.05, 3.63) is 70.7 Å². The van der Waals surface area contributed by atoms with Gasteiger partial charge in [-0.2, -0.15) is 0 Å². The van der Waals surface area contributed by atoms with Crippen molar-refractivity contribution in [3.8, 4) is 0 Å². The molecule has 2 atom stereocenters. The van der Waals surface area contributed by atoms with E-state index in [0.29, 0.717) is 17.4 Å². The fourth-order valence-electron chi connectivity index (χ4n) is 2.42. The summed E-state index contributed by atoms with van der Waals surface area (Å²) >= 11 is 7.60. The number of carbonyl (C=O) groups excluding carboxylic acids is 1. The molecular weight excluding hydrogens is 342 g/mol. The van der Waals surface area contributed by atoms with Crippen molar-refractivity contribution < 1.29 is 9.53 Å². The highest BCUT2D eigenvalue weighted by Gasteiger charge is 2.17. The summed E-state index contributed by atoms with van der Waals surface area (Å²) < 4.78 is 5.05. The topological polar surface area (TPSA) is 38.3 Å². The molecule has 0 fully saturated rings. The fourth-order valence-corrected chi connectivity index (χ4v) is 3.64. The normalized spacial score (nSPS) is 13.3. The van der Waals surface area contributed by atoms with Gasteiger partial charge in [0.05, 0.1) is 17.6 Å². The van der Waals surface area contributed by atoms with Crippen LogP contribution in [0.15, 0.2) is 54.6 Å². The minimum Gasteiger partial charge on any atom is -0.383 e. The van der Waals surface area contributed by atoms with Gasteiger partial charge in [-0.3, -0.25) is 4.79 Å². The van der Waals surface area contributed by atoms with Gasteiger partial charge in [-0.25, -0.2) is 0 Å². The summed E-state index contributed by atoms with van der Waals surface area (Å²) in [6.45, 7) is 2.44. The Morgan fingerprint density at radius 1 is 1.12 bits per heavy atom. The maximum atomic E-state index is 12.1. The van der Waals surface area contributed by atoms with Crippen molar-refractivity contribution in [1.82, 2.24) is 5.32 Å². The minimum absolute atomic E-state index is 0.00815. The van der Waals surface area contributed by atoms with Crippen molar-refractivity contribution >= 4 is 29.3 Å². The number of carbonyl (C=O) groups is 1. The molecule has 128 valence electrons. The molecule has 0 bridgehead atoms. The lowest BCUT2D eigenvalue weighted by Gasteiger charge is -2.19. The first-order valence-electron chi connectivity index (χ1n) is 7.80. The van der Waals surface area contributed by atoms with Crippen LogP contribution in [-0.4, -0.2) is 31.4 Å². The van der Waals surface area contributed by atoms with Gasteiger partial charge in [0.15, 0.2) is 0 Å². The van der Waals surface area contributed by atoms with E-state index in [1.807, 2.05) is 49.4 Å². The van der Waals surface area contributed by atoms with Gasteiger partial charge in [-0.15, -0.1) is 11.8 Å². The molecule has 0 saturated carbocycles. The van der Waals surface area contributed by atoms with E-state index in [1.54, 1.807) is 18.9 Å². The van der Waals surface area contributed by atoms with Gasteiger partial charge in [-0.1, -0.05) is 54.1 Å². The first-order chi connectivity index (χ1) is 11.6. The molecule has 2 rings (SSSR count). The summed E-state index contributed by atoms with van der Waals surface area (Å²) in [5.74, 6) is 0.399. The molecule has 2 aromatic rings. The molecule has 0 saturated heterocycles. The molecule has 2 aromatic carbocycles. The molecule has 24 heavy (non-hydrogen) atoms. The Kier molecular flexibility index (Phi) is 7.63. The van der Waals surface area contributed by atoms with Crippen LogP contribution in [0.2, 0.25) is 5.02 Å². The third-order valence-corrected chi connectivity index (χ3v) is 5.04. The Labute approximate surface area is 152 Å². The second-order valence-corrected chi connectivity index (χ2v) is 7.11. The summed E-state index contributed by atoms with van der Waals surface area (Å²) in [7, 11) is 1.63. The molecule has 0 heterocycles. The van der Waals surface area contributed by atoms with Gasteiger partial charge in [0.25, 0.3) is 0 Å². The number of ether oxygens (including phenoxy) is 1. The molecule has 5 heteroatoms. The predicted octanol–water partition coefficient (Wildman–Crippen LogP) is 4.31. The third kappa shape index (κ3) is 5.86. The Morgan fingerprint density at radius 2 is 1.75 bits per heavy atom. The second-order valence-electron chi connectivity index (χ2n) is 5.58. The number of amides is 1. The Balaban J connectivity index is 2.07. The molecule has 2 unspecified atom stereocenters. The van der Waals surface area contributed by atoms with E-state index >= 15 is 0 Å². The van der Waals surface area contributed by atoms with Crippen LogP contribution in [0.4, 0.5) is 0 Å². The highest BCUT2D eigenvalue weighted by molar-refractivity contribution is 8.00. The molecule has 0 aliphatic rings. The number of rotatable bonds is 8. The zero-order chi connectivity index (χ0) is 17.4. The quantitative estimate of drug-likeness (QED) is 0.759. The number of hydrogen-bond acceptors (Lipinski definition) is 3. The molecule has 0 radical (unpaired) electrons. The number of methoxy groups -OCH3 is 1. The second kappa shape index (κ2) is 9.72. The number of thioether (sulfide) groups is 1. The van der Waals surface area contributed by atoms with E-state index in [1.165, 1.54) is 5.56 Å². The minimum atomic E-state index is 0.00815. The van der Waals surface area contributed by atoms with Crippen LogP contribution in [0.5, 0.6) is 0 Å². The summed E-state index contributed by atoms with van der Waals surface area (Å²) in [5, 5.41) is 3.74. The number of nitrogens with one attached hydrogen (secondary N) is 1. The molecule has 3 nitrogen and oxygen atoms in total. The largest absolute Gasteiger partial charge is 0.383 e. The standard InChI is InChI=1S/C19H22ClNO2S/c1-14(12-23-2)21-18(22)13-24-19(15-6-4-3-5-7-15)16-8-10-17(20)11-9-16/h3-11,14,19H,12-13H2,1-2H3,(H,21,22). The smallest absolute Gasteiger partial charge is 0.230 e. The predicted molar refractivity (Wildman–Crippen MR) is 102 cm³/mol. The Morgan fingerprint density at radius 3 is 2.38 bits per heavy atom. The molecular formula is C19H22ClNO2S. The lowest BCUT2D eigenvalue weighted by molar-refractivity contribution is -0.119. The van der Waals surface area contributed by atoms with Crippen LogP contribution in [0, 0.1) is 0 Å². The number of benzene rings is 2. The zero-order valence-electron chi connectivity index (χ0n) is 13.9. The Hall–Kier alpha value is -1.49. The van der Waals surface area contributed by atoms with Crippen LogP contribution in [0.3, 0.4) is 0 Å². The molecule has 0 spiro atoms. The molecule has 0 aliphatic heterocycles. The van der Waals surface area contributed by atoms with Crippen LogP contribution < -0.4 is 5.32 Å². The first-order valence-corrected chi connectivity index (χ1v) is 9.23. The van der Waals surface area contributed by atoms with E-state index in [4.69, 9.17) is 16.3 Å². The first kappa shape index (κ1) is 18.8.